The van der Waals surface area contributed by atoms with Crippen molar-refractivity contribution < 1.29 is 9.32 Å². The van der Waals surface area contributed by atoms with Gasteiger partial charge in [0.25, 0.3) is 0 Å². The zero-order chi connectivity index (χ0) is 11.5. The predicted molar refractivity (Wildman–Crippen MR) is 54.1 cm³/mol. The SMILES string of the molecule is Cc1noc2cncc(C(C#N)NC=O)c12. The van der Waals surface area contributed by atoms with E-state index >= 15 is 0 Å². The standard InChI is InChI=1S/C10H8N4O2/c1-6-10-7(8(2-11)13-5-15)3-12-4-9(10)16-14-6/h3-5,8H,1H3,(H,13,15). The highest BCUT2D eigenvalue weighted by Gasteiger charge is 2.17. The molecular formula is C10H8N4O2. The van der Waals surface area contributed by atoms with Crippen LogP contribution in [-0.2, 0) is 4.79 Å². The number of carbonyl (C=O) groups excluding carboxylic acids is 1. The van der Waals surface area contributed by atoms with Crippen LogP contribution >= 0.6 is 0 Å². The minimum absolute atomic E-state index is 0.482. The number of nitriles is 1. The smallest absolute Gasteiger partial charge is 0.208 e. The number of carbonyl (C=O) groups is 1. The number of fused-ring (bicyclic) bond motifs is 1. The van der Waals surface area contributed by atoms with Crippen molar-refractivity contribution in [3.8, 4) is 6.07 Å². The summed E-state index contributed by atoms with van der Waals surface area (Å²) in [6.45, 7) is 1.77. The van der Waals surface area contributed by atoms with Crippen molar-refractivity contribution in [3.05, 3.63) is 23.7 Å². The molecule has 0 fully saturated rings. The summed E-state index contributed by atoms with van der Waals surface area (Å²) in [6.07, 6.45) is 3.53. The predicted octanol–water partition coefficient (Wildman–Crippen LogP) is 0.842. The molecule has 80 valence electrons. The number of aryl methyl sites for hydroxylation is 1. The first-order chi connectivity index (χ1) is 7.77. The highest BCUT2D eigenvalue weighted by Crippen LogP contribution is 2.25. The summed E-state index contributed by atoms with van der Waals surface area (Å²) < 4.78 is 5.02. The van der Waals surface area contributed by atoms with E-state index in [0.717, 1.165) is 5.39 Å². The van der Waals surface area contributed by atoms with Gasteiger partial charge in [-0.05, 0) is 6.92 Å². The largest absolute Gasteiger partial charge is 0.354 e. The number of pyridine rings is 1. The summed E-state index contributed by atoms with van der Waals surface area (Å²) in [5.41, 5.74) is 1.76. The second-order valence-corrected chi connectivity index (χ2v) is 3.22. The van der Waals surface area contributed by atoms with Gasteiger partial charge in [0, 0.05) is 11.8 Å². The van der Waals surface area contributed by atoms with Crippen molar-refractivity contribution in [3.63, 3.8) is 0 Å². The second-order valence-electron chi connectivity index (χ2n) is 3.22. The third-order valence-electron chi connectivity index (χ3n) is 2.26. The quantitative estimate of drug-likeness (QED) is 0.767. The van der Waals surface area contributed by atoms with Gasteiger partial charge in [0.1, 0.15) is 6.04 Å². The maximum Gasteiger partial charge on any atom is 0.208 e. The van der Waals surface area contributed by atoms with Gasteiger partial charge in [-0.2, -0.15) is 5.26 Å². The third-order valence-corrected chi connectivity index (χ3v) is 2.26. The Morgan fingerprint density at radius 3 is 3.12 bits per heavy atom. The number of hydrogen-bond donors (Lipinski definition) is 1. The van der Waals surface area contributed by atoms with Gasteiger partial charge in [0.05, 0.1) is 23.3 Å². The molecule has 0 spiro atoms. The van der Waals surface area contributed by atoms with Gasteiger partial charge in [-0.25, -0.2) is 0 Å². The van der Waals surface area contributed by atoms with Crippen LogP contribution in [0.5, 0.6) is 0 Å². The Morgan fingerprint density at radius 1 is 1.62 bits per heavy atom. The van der Waals surface area contributed by atoms with Crippen LogP contribution in [0.25, 0.3) is 11.0 Å². The van der Waals surface area contributed by atoms with E-state index in [2.05, 4.69) is 15.5 Å². The average molecular weight is 216 g/mol. The first-order valence-electron chi connectivity index (χ1n) is 4.57. The van der Waals surface area contributed by atoms with E-state index in [0.29, 0.717) is 23.3 Å². The van der Waals surface area contributed by atoms with Crippen LogP contribution < -0.4 is 5.32 Å². The van der Waals surface area contributed by atoms with Crippen LogP contribution in [0.15, 0.2) is 16.9 Å². The van der Waals surface area contributed by atoms with Crippen molar-refractivity contribution in [1.29, 1.82) is 5.26 Å². The molecule has 0 aliphatic carbocycles. The molecule has 0 aliphatic rings. The van der Waals surface area contributed by atoms with Crippen molar-refractivity contribution in [1.82, 2.24) is 15.5 Å². The zero-order valence-corrected chi connectivity index (χ0v) is 8.47. The maximum atomic E-state index is 10.4. The molecule has 6 nitrogen and oxygen atoms in total. The molecule has 0 saturated heterocycles. The van der Waals surface area contributed by atoms with E-state index in [1.165, 1.54) is 12.4 Å². The molecule has 1 amide bonds. The molecule has 2 aromatic heterocycles. The molecule has 2 aromatic rings. The minimum atomic E-state index is -0.744. The fourth-order valence-corrected chi connectivity index (χ4v) is 1.56. The van der Waals surface area contributed by atoms with Gasteiger partial charge < -0.3 is 9.84 Å². The van der Waals surface area contributed by atoms with Crippen molar-refractivity contribution in [2.75, 3.05) is 0 Å². The van der Waals surface area contributed by atoms with E-state index < -0.39 is 6.04 Å². The fourth-order valence-electron chi connectivity index (χ4n) is 1.56. The molecule has 0 aliphatic heterocycles. The average Bonchev–Trinajstić information content (AvgIpc) is 2.68. The van der Waals surface area contributed by atoms with Gasteiger partial charge in [0.15, 0.2) is 5.58 Å². The van der Waals surface area contributed by atoms with Crippen molar-refractivity contribution >= 4 is 17.4 Å². The number of nitrogens with one attached hydrogen (secondary N) is 1. The molecule has 1 N–H and O–H groups in total. The monoisotopic (exact) mass is 216 g/mol. The highest BCUT2D eigenvalue weighted by atomic mass is 16.5. The van der Waals surface area contributed by atoms with Gasteiger partial charge in [-0.15, -0.1) is 0 Å². The lowest BCUT2D eigenvalue weighted by atomic mass is 10.1. The van der Waals surface area contributed by atoms with Crippen LogP contribution in [0.3, 0.4) is 0 Å². The van der Waals surface area contributed by atoms with Gasteiger partial charge in [0.2, 0.25) is 6.41 Å². The Morgan fingerprint density at radius 2 is 2.44 bits per heavy atom. The van der Waals surface area contributed by atoms with Gasteiger partial charge in [-0.3, -0.25) is 9.78 Å². The number of aromatic nitrogens is 2. The van der Waals surface area contributed by atoms with Crippen LogP contribution in [0.1, 0.15) is 17.3 Å². The summed E-state index contributed by atoms with van der Waals surface area (Å²) >= 11 is 0. The first-order valence-corrected chi connectivity index (χ1v) is 4.57. The zero-order valence-electron chi connectivity index (χ0n) is 8.47. The normalized spacial score (nSPS) is 12.0. The fraction of sp³-hybridized carbons (Fsp3) is 0.200. The van der Waals surface area contributed by atoms with Gasteiger partial charge in [-0.1, -0.05) is 5.16 Å². The summed E-state index contributed by atoms with van der Waals surface area (Å²) in [5.74, 6) is 0. The molecule has 2 rings (SSSR count). The number of amides is 1. The lowest BCUT2D eigenvalue weighted by Crippen LogP contribution is -2.18. The number of rotatable bonds is 3. The molecule has 0 aromatic carbocycles. The van der Waals surface area contributed by atoms with Gasteiger partial charge >= 0.3 is 0 Å². The Bertz CT molecular complexity index is 570. The molecule has 0 bridgehead atoms. The Labute approximate surface area is 90.9 Å². The lowest BCUT2D eigenvalue weighted by molar-refractivity contribution is -0.109. The number of nitrogens with zero attached hydrogens (tertiary/aromatic N) is 3. The van der Waals surface area contributed by atoms with Crippen LogP contribution in [0.4, 0.5) is 0 Å². The van der Waals surface area contributed by atoms with E-state index in [-0.39, 0.29) is 0 Å². The molecule has 1 atom stereocenters. The maximum absolute atomic E-state index is 10.4. The number of hydrogen-bond acceptors (Lipinski definition) is 5. The van der Waals surface area contributed by atoms with Crippen molar-refractivity contribution in [2.45, 2.75) is 13.0 Å². The Hall–Kier alpha value is -2.42. The summed E-state index contributed by atoms with van der Waals surface area (Å²) in [4.78, 5) is 14.3. The van der Waals surface area contributed by atoms with E-state index in [9.17, 15) is 4.79 Å². The highest BCUT2D eigenvalue weighted by molar-refractivity contribution is 5.83. The molecule has 1 unspecified atom stereocenters. The summed E-state index contributed by atoms with van der Waals surface area (Å²) in [7, 11) is 0. The Kier molecular flexibility index (Phi) is 2.52. The molecule has 2 heterocycles. The molecule has 6 heteroatoms. The van der Waals surface area contributed by atoms with E-state index in [4.69, 9.17) is 9.78 Å². The summed E-state index contributed by atoms with van der Waals surface area (Å²) in [5, 5.41) is 15.9. The Balaban J connectivity index is 2.63. The van der Waals surface area contributed by atoms with Crippen LogP contribution in [0, 0.1) is 18.3 Å². The van der Waals surface area contributed by atoms with E-state index in [1.54, 1.807) is 6.92 Å². The third kappa shape index (κ3) is 1.48. The minimum Gasteiger partial charge on any atom is -0.354 e. The summed E-state index contributed by atoms with van der Waals surface area (Å²) in [6, 6.07) is 1.23. The van der Waals surface area contributed by atoms with Crippen molar-refractivity contribution in [2.24, 2.45) is 0 Å². The topological polar surface area (TPSA) is 91.8 Å². The lowest BCUT2D eigenvalue weighted by Gasteiger charge is -2.07. The van der Waals surface area contributed by atoms with Crippen LogP contribution in [-0.4, -0.2) is 16.6 Å². The molecule has 16 heavy (non-hydrogen) atoms. The molecular weight excluding hydrogens is 208 g/mol. The molecule has 0 radical (unpaired) electrons. The molecule has 0 saturated carbocycles. The van der Waals surface area contributed by atoms with Crippen LogP contribution in [0.2, 0.25) is 0 Å². The second kappa shape index (κ2) is 3.98. The first kappa shape index (κ1) is 10.1. The van der Waals surface area contributed by atoms with E-state index in [1.807, 2.05) is 6.07 Å².